The van der Waals surface area contributed by atoms with E-state index in [1.807, 2.05) is 49.4 Å². The van der Waals surface area contributed by atoms with Crippen molar-refractivity contribution in [3.63, 3.8) is 0 Å². The Labute approximate surface area is 135 Å². The van der Waals surface area contributed by atoms with E-state index in [1.165, 1.54) is 0 Å². The van der Waals surface area contributed by atoms with Crippen LogP contribution in [0, 0.1) is 5.92 Å². The molecule has 1 saturated heterocycles. The molecule has 23 heavy (non-hydrogen) atoms. The van der Waals surface area contributed by atoms with Gasteiger partial charge in [0.1, 0.15) is 0 Å². The third-order valence-electron chi connectivity index (χ3n) is 4.77. The monoisotopic (exact) mass is 311 g/mol. The fourth-order valence-corrected chi connectivity index (χ4v) is 3.37. The number of likely N-dealkylation sites (tertiary alicyclic amines) is 1. The molecule has 4 heteroatoms. The number of nitrogens with zero attached hydrogens (tertiary/aromatic N) is 1. The van der Waals surface area contributed by atoms with Crippen molar-refractivity contribution in [3.8, 4) is 0 Å². The Morgan fingerprint density at radius 2 is 1.87 bits per heavy atom. The Morgan fingerprint density at radius 3 is 2.65 bits per heavy atom. The lowest BCUT2D eigenvalue weighted by Crippen LogP contribution is -2.47. The van der Waals surface area contributed by atoms with Gasteiger partial charge in [0.15, 0.2) is 0 Å². The van der Waals surface area contributed by atoms with Crippen molar-refractivity contribution in [1.29, 1.82) is 0 Å². The van der Waals surface area contributed by atoms with Crippen molar-refractivity contribution in [3.05, 3.63) is 48.0 Å². The van der Waals surface area contributed by atoms with Crippen LogP contribution < -0.4 is 0 Å². The maximum Gasteiger partial charge on any atom is 0.308 e. The van der Waals surface area contributed by atoms with Gasteiger partial charge < -0.3 is 10.0 Å². The first-order chi connectivity index (χ1) is 11.1. The number of amides is 1. The average Bonchev–Trinajstić information content (AvgIpc) is 2.55. The van der Waals surface area contributed by atoms with Gasteiger partial charge in [-0.2, -0.15) is 0 Å². The van der Waals surface area contributed by atoms with Gasteiger partial charge in [0.2, 0.25) is 5.91 Å². The maximum atomic E-state index is 12.7. The van der Waals surface area contributed by atoms with Crippen LogP contribution in [-0.4, -0.2) is 34.5 Å². The molecule has 3 rings (SSSR count). The van der Waals surface area contributed by atoms with Gasteiger partial charge in [0, 0.05) is 12.6 Å². The number of carboxylic acids is 1. The summed E-state index contributed by atoms with van der Waals surface area (Å²) in [6.45, 7) is 2.32. The summed E-state index contributed by atoms with van der Waals surface area (Å²) in [5, 5.41) is 11.4. The van der Waals surface area contributed by atoms with Crippen molar-refractivity contribution < 1.29 is 14.7 Å². The van der Waals surface area contributed by atoms with Crippen LogP contribution in [-0.2, 0) is 16.0 Å². The second kappa shape index (κ2) is 6.41. The summed E-state index contributed by atoms with van der Waals surface area (Å²) in [5.41, 5.74) is 0.998. The summed E-state index contributed by atoms with van der Waals surface area (Å²) in [7, 11) is 0. The van der Waals surface area contributed by atoms with E-state index < -0.39 is 11.9 Å². The molecule has 1 heterocycles. The summed E-state index contributed by atoms with van der Waals surface area (Å²) in [6.07, 6.45) is 1.71. The van der Waals surface area contributed by atoms with Gasteiger partial charge in [-0.15, -0.1) is 0 Å². The second-order valence-corrected chi connectivity index (χ2v) is 6.32. The van der Waals surface area contributed by atoms with E-state index in [1.54, 1.807) is 4.90 Å². The molecule has 1 aliphatic heterocycles. The SMILES string of the molecule is CC1CCC(C(=O)O)CN1C(=O)Cc1cccc2ccccc12. The molecule has 1 amide bonds. The fraction of sp³-hybridized carbons (Fsp3) is 0.368. The number of piperidine rings is 1. The number of carbonyl (C=O) groups is 2. The van der Waals surface area contributed by atoms with Gasteiger partial charge in [-0.25, -0.2) is 0 Å². The number of aliphatic carboxylic acids is 1. The molecule has 2 aromatic rings. The van der Waals surface area contributed by atoms with Crippen molar-refractivity contribution in [2.24, 2.45) is 5.92 Å². The number of fused-ring (bicyclic) bond motifs is 1. The van der Waals surface area contributed by atoms with Crippen molar-refractivity contribution in [2.45, 2.75) is 32.2 Å². The molecule has 0 aromatic heterocycles. The third-order valence-corrected chi connectivity index (χ3v) is 4.77. The van der Waals surface area contributed by atoms with Gasteiger partial charge in [-0.3, -0.25) is 9.59 Å². The first kappa shape index (κ1) is 15.5. The normalized spacial score (nSPS) is 21.3. The van der Waals surface area contributed by atoms with Gasteiger partial charge in [-0.05, 0) is 36.1 Å². The van der Waals surface area contributed by atoms with E-state index >= 15 is 0 Å². The number of rotatable bonds is 3. The van der Waals surface area contributed by atoms with Crippen LogP contribution >= 0.6 is 0 Å². The number of benzene rings is 2. The predicted octanol–water partition coefficient (Wildman–Crippen LogP) is 3.09. The predicted molar refractivity (Wildman–Crippen MR) is 89.2 cm³/mol. The van der Waals surface area contributed by atoms with Gasteiger partial charge in [-0.1, -0.05) is 42.5 Å². The molecule has 120 valence electrons. The molecule has 2 unspecified atom stereocenters. The standard InChI is InChI=1S/C19H21NO3/c1-13-9-10-16(19(22)23)12-20(13)18(21)11-15-7-4-6-14-5-2-3-8-17(14)15/h2-8,13,16H,9-12H2,1H3,(H,22,23). The lowest BCUT2D eigenvalue weighted by atomic mass is 9.92. The Bertz CT molecular complexity index is 735. The first-order valence-electron chi connectivity index (χ1n) is 8.05. The molecule has 4 nitrogen and oxygen atoms in total. The molecule has 0 spiro atoms. The van der Waals surface area contributed by atoms with Crippen LogP contribution in [0.25, 0.3) is 10.8 Å². The summed E-state index contributed by atoms with van der Waals surface area (Å²) in [4.78, 5) is 25.7. The van der Waals surface area contributed by atoms with Crippen LogP contribution in [0.5, 0.6) is 0 Å². The molecule has 0 saturated carbocycles. The molecular weight excluding hydrogens is 290 g/mol. The lowest BCUT2D eigenvalue weighted by Gasteiger charge is -2.36. The number of hydrogen-bond acceptors (Lipinski definition) is 2. The Kier molecular flexibility index (Phi) is 4.33. The highest BCUT2D eigenvalue weighted by molar-refractivity contribution is 5.90. The fourth-order valence-electron chi connectivity index (χ4n) is 3.37. The number of carboxylic acid groups (broad SMARTS) is 1. The van der Waals surface area contributed by atoms with E-state index in [0.717, 1.165) is 22.8 Å². The molecule has 0 aliphatic carbocycles. The first-order valence-corrected chi connectivity index (χ1v) is 8.05. The zero-order chi connectivity index (χ0) is 16.4. The number of carbonyl (C=O) groups excluding carboxylic acids is 1. The minimum absolute atomic E-state index is 0.0137. The highest BCUT2D eigenvalue weighted by Crippen LogP contribution is 2.24. The van der Waals surface area contributed by atoms with Crippen LogP contribution in [0.2, 0.25) is 0 Å². The van der Waals surface area contributed by atoms with Crippen LogP contribution in [0.1, 0.15) is 25.3 Å². The smallest absolute Gasteiger partial charge is 0.308 e. The molecular formula is C19H21NO3. The minimum atomic E-state index is -0.806. The van der Waals surface area contributed by atoms with Crippen LogP contribution in [0.15, 0.2) is 42.5 Å². The zero-order valence-electron chi connectivity index (χ0n) is 13.2. The maximum absolute atomic E-state index is 12.7. The largest absolute Gasteiger partial charge is 0.481 e. The molecule has 0 bridgehead atoms. The van der Waals surface area contributed by atoms with Crippen molar-refractivity contribution in [1.82, 2.24) is 4.90 Å². The van der Waals surface area contributed by atoms with E-state index in [9.17, 15) is 14.7 Å². The topological polar surface area (TPSA) is 57.6 Å². The quantitative estimate of drug-likeness (QED) is 0.947. The highest BCUT2D eigenvalue weighted by Gasteiger charge is 2.32. The van der Waals surface area contributed by atoms with Crippen LogP contribution in [0.4, 0.5) is 0 Å². The Balaban J connectivity index is 1.81. The average molecular weight is 311 g/mol. The highest BCUT2D eigenvalue weighted by atomic mass is 16.4. The van der Waals surface area contributed by atoms with E-state index in [-0.39, 0.29) is 11.9 Å². The third kappa shape index (κ3) is 3.21. The van der Waals surface area contributed by atoms with Crippen LogP contribution in [0.3, 0.4) is 0 Å². The van der Waals surface area contributed by atoms with E-state index in [2.05, 4.69) is 0 Å². The molecule has 2 aromatic carbocycles. The lowest BCUT2D eigenvalue weighted by molar-refractivity contribution is -0.146. The van der Waals surface area contributed by atoms with E-state index in [0.29, 0.717) is 19.4 Å². The summed E-state index contributed by atoms with van der Waals surface area (Å²) >= 11 is 0. The summed E-state index contributed by atoms with van der Waals surface area (Å²) in [5.74, 6) is -1.23. The molecule has 1 aliphatic rings. The van der Waals surface area contributed by atoms with Crippen molar-refractivity contribution >= 4 is 22.6 Å². The summed E-state index contributed by atoms with van der Waals surface area (Å²) in [6, 6.07) is 14.1. The summed E-state index contributed by atoms with van der Waals surface area (Å²) < 4.78 is 0. The second-order valence-electron chi connectivity index (χ2n) is 6.32. The Morgan fingerprint density at radius 1 is 1.13 bits per heavy atom. The van der Waals surface area contributed by atoms with Gasteiger partial charge >= 0.3 is 5.97 Å². The molecule has 1 fully saturated rings. The zero-order valence-corrected chi connectivity index (χ0v) is 13.2. The molecule has 0 radical (unpaired) electrons. The van der Waals surface area contributed by atoms with E-state index in [4.69, 9.17) is 0 Å². The van der Waals surface area contributed by atoms with Gasteiger partial charge in [0.05, 0.1) is 12.3 Å². The Hall–Kier alpha value is -2.36. The number of hydrogen-bond donors (Lipinski definition) is 1. The van der Waals surface area contributed by atoms with Gasteiger partial charge in [0.25, 0.3) is 0 Å². The van der Waals surface area contributed by atoms with Crippen molar-refractivity contribution in [2.75, 3.05) is 6.54 Å². The molecule has 2 atom stereocenters. The molecule has 1 N–H and O–H groups in total. The minimum Gasteiger partial charge on any atom is -0.481 e.